The largest absolute Gasteiger partial charge is 0.465 e. The normalized spacial score (nSPS) is 24.4. The van der Waals surface area contributed by atoms with Crippen molar-refractivity contribution in [3.63, 3.8) is 0 Å². The summed E-state index contributed by atoms with van der Waals surface area (Å²) in [6.07, 6.45) is -1.61. The summed E-state index contributed by atoms with van der Waals surface area (Å²) in [6.45, 7) is 0.361. The molecule has 2 rings (SSSR count). The molecule has 0 aromatic rings. The van der Waals surface area contributed by atoms with Crippen molar-refractivity contribution >= 4 is 22.4 Å². The Labute approximate surface area is 103 Å². The van der Waals surface area contributed by atoms with Gasteiger partial charge in [0.1, 0.15) is 6.61 Å². The molecule has 10 heteroatoms. The molecule has 1 atom stereocenters. The fourth-order valence-corrected chi connectivity index (χ4v) is 3.21. The Kier molecular flexibility index (Phi) is 3.30. The second-order valence-electron chi connectivity index (χ2n) is 4.02. The number of rotatable bonds is 3. The van der Waals surface area contributed by atoms with E-state index in [9.17, 15) is 18.0 Å². The molecule has 0 unspecified atom stereocenters. The molecule has 0 bridgehead atoms. The highest BCUT2D eigenvalue weighted by Crippen LogP contribution is 2.13. The highest BCUT2D eigenvalue weighted by Gasteiger charge is 2.37. The van der Waals surface area contributed by atoms with Crippen LogP contribution in [0, 0.1) is 0 Å². The van der Waals surface area contributed by atoms with Gasteiger partial charge in [-0.3, -0.25) is 0 Å². The Morgan fingerprint density at radius 3 is 2.67 bits per heavy atom. The Morgan fingerprint density at radius 2 is 2.17 bits per heavy atom. The summed E-state index contributed by atoms with van der Waals surface area (Å²) in [6, 6.07) is -0.514. The Balaban J connectivity index is 1.97. The first-order valence-electron chi connectivity index (χ1n) is 5.35. The van der Waals surface area contributed by atoms with Crippen LogP contribution in [0.25, 0.3) is 0 Å². The van der Waals surface area contributed by atoms with Crippen molar-refractivity contribution in [1.29, 1.82) is 0 Å². The van der Waals surface area contributed by atoms with E-state index in [-0.39, 0.29) is 26.2 Å². The van der Waals surface area contributed by atoms with Gasteiger partial charge in [0.2, 0.25) is 0 Å². The lowest BCUT2D eigenvalue weighted by Gasteiger charge is -2.18. The van der Waals surface area contributed by atoms with Gasteiger partial charge in [-0.2, -0.15) is 17.4 Å². The van der Waals surface area contributed by atoms with Gasteiger partial charge >= 0.3 is 22.4 Å². The summed E-state index contributed by atoms with van der Waals surface area (Å²) in [5, 5.41) is 8.75. The topological polar surface area (TPSA) is 116 Å². The SMILES string of the molecule is O=C(O)N1CC[C@H](NS(=O)(=O)N2CCOC2=O)C1. The molecule has 2 aliphatic rings. The zero-order valence-corrected chi connectivity index (χ0v) is 10.2. The molecule has 0 aromatic heterocycles. The quantitative estimate of drug-likeness (QED) is 0.686. The standard InChI is InChI=1S/C8H13N3O6S/c12-7(13)10-2-1-6(5-10)9-18(15,16)11-3-4-17-8(11)14/h6,9H,1-5H2,(H,12,13)/t6-/m0/s1. The lowest BCUT2D eigenvalue weighted by atomic mass is 10.3. The molecule has 2 saturated heterocycles. The molecule has 0 spiro atoms. The Hall–Kier alpha value is -1.55. The molecule has 9 nitrogen and oxygen atoms in total. The van der Waals surface area contributed by atoms with Crippen LogP contribution < -0.4 is 4.72 Å². The summed E-state index contributed by atoms with van der Waals surface area (Å²) in [4.78, 5) is 23.0. The first-order chi connectivity index (χ1) is 8.40. The predicted octanol–water partition coefficient (Wildman–Crippen LogP) is -0.975. The Bertz CT molecular complexity index is 463. The molecule has 0 aliphatic carbocycles. The third kappa shape index (κ3) is 2.48. The number of hydrogen-bond acceptors (Lipinski definition) is 5. The van der Waals surface area contributed by atoms with Crippen molar-refractivity contribution in [2.45, 2.75) is 12.5 Å². The lowest BCUT2D eigenvalue weighted by Crippen LogP contribution is -2.46. The van der Waals surface area contributed by atoms with Crippen molar-refractivity contribution in [3.05, 3.63) is 0 Å². The van der Waals surface area contributed by atoms with Crippen molar-refractivity contribution in [1.82, 2.24) is 13.9 Å². The van der Waals surface area contributed by atoms with Gasteiger partial charge in [0.15, 0.2) is 0 Å². The molecule has 0 radical (unpaired) electrons. The van der Waals surface area contributed by atoms with Crippen LogP contribution in [0.15, 0.2) is 0 Å². The van der Waals surface area contributed by atoms with Crippen LogP contribution in [-0.2, 0) is 14.9 Å². The molecule has 2 aliphatic heterocycles. The van der Waals surface area contributed by atoms with Crippen LogP contribution in [0.4, 0.5) is 9.59 Å². The third-order valence-corrected chi connectivity index (χ3v) is 4.33. The number of nitrogens with zero attached hydrogens (tertiary/aromatic N) is 2. The van der Waals surface area contributed by atoms with Gasteiger partial charge in [-0.15, -0.1) is 0 Å². The molecule has 2 N–H and O–H groups in total. The van der Waals surface area contributed by atoms with Crippen LogP contribution in [0.2, 0.25) is 0 Å². The van der Waals surface area contributed by atoms with E-state index in [0.29, 0.717) is 10.7 Å². The van der Waals surface area contributed by atoms with E-state index in [1.165, 1.54) is 0 Å². The van der Waals surface area contributed by atoms with Gasteiger partial charge in [0.25, 0.3) is 0 Å². The smallest absolute Gasteiger partial charge is 0.424 e. The van der Waals surface area contributed by atoms with Crippen molar-refractivity contribution in [3.8, 4) is 0 Å². The van der Waals surface area contributed by atoms with Gasteiger partial charge in [-0.25, -0.2) is 9.59 Å². The fourth-order valence-electron chi connectivity index (χ4n) is 1.90. The summed E-state index contributed by atoms with van der Waals surface area (Å²) >= 11 is 0. The van der Waals surface area contributed by atoms with Gasteiger partial charge < -0.3 is 14.7 Å². The number of nitrogens with one attached hydrogen (secondary N) is 1. The average Bonchev–Trinajstić information content (AvgIpc) is 2.86. The van der Waals surface area contributed by atoms with E-state index in [1.54, 1.807) is 0 Å². The maximum Gasteiger partial charge on any atom is 0.424 e. The monoisotopic (exact) mass is 279 g/mol. The number of cyclic esters (lactones) is 1. The summed E-state index contributed by atoms with van der Waals surface area (Å²) in [7, 11) is -3.95. The maximum atomic E-state index is 11.8. The van der Waals surface area contributed by atoms with Crippen LogP contribution in [0.3, 0.4) is 0 Å². The van der Waals surface area contributed by atoms with Gasteiger partial charge in [0, 0.05) is 19.1 Å². The van der Waals surface area contributed by atoms with Crippen LogP contribution in [0.1, 0.15) is 6.42 Å². The summed E-state index contributed by atoms with van der Waals surface area (Å²) in [5.74, 6) is 0. The van der Waals surface area contributed by atoms with E-state index in [2.05, 4.69) is 9.46 Å². The molecule has 102 valence electrons. The molecule has 0 aromatic carbocycles. The molecular formula is C8H13N3O6S. The van der Waals surface area contributed by atoms with Crippen molar-refractivity contribution < 1.29 is 27.9 Å². The third-order valence-electron chi connectivity index (χ3n) is 2.79. The Morgan fingerprint density at radius 1 is 1.44 bits per heavy atom. The van der Waals surface area contributed by atoms with Gasteiger partial charge in [-0.05, 0) is 6.42 Å². The van der Waals surface area contributed by atoms with E-state index in [1.807, 2.05) is 0 Å². The first-order valence-corrected chi connectivity index (χ1v) is 6.79. The second kappa shape index (κ2) is 4.61. The fraction of sp³-hybridized carbons (Fsp3) is 0.750. The first kappa shape index (κ1) is 12.9. The second-order valence-corrected chi connectivity index (χ2v) is 5.65. The number of carbonyl (C=O) groups is 2. The number of carboxylic acid groups (broad SMARTS) is 1. The van der Waals surface area contributed by atoms with E-state index in [4.69, 9.17) is 5.11 Å². The molecular weight excluding hydrogens is 266 g/mol. The van der Waals surface area contributed by atoms with Crippen LogP contribution in [0.5, 0.6) is 0 Å². The zero-order valence-electron chi connectivity index (χ0n) is 9.40. The minimum atomic E-state index is -3.95. The van der Waals surface area contributed by atoms with Crippen molar-refractivity contribution in [2.24, 2.45) is 0 Å². The van der Waals surface area contributed by atoms with E-state index in [0.717, 1.165) is 4.90 Å². The molecule has 2 amide bonds. The zero-order chi connectivity index (χ0) is 13.3. The van der Waals surface area contributed by atoms with Crippen molar-refractivity contribution in [2.75, 3.05) is 26.2 Å². The minimum absolute atomic E-state index is 0.0243. The number of ether oxygens (including phenoxy) is 1. The maximum absolute atomic E-state index is 11.8. The van der Waals surface area contributed by atoms with E-state index >= 15 is 0 Å². The van der Waals surface area contributed by atoms with Crippen LogP contribution in [-0.4, -0.2) is 67.2 Å². The molecule has 0 saturated carbocycles. The highest BCUT2D eigenvalue weighted by atomic mass is 32.2. The predicted molar refractivity (Wildman–Crippen MR) is 58.1 cm³/mol. The lowest BCUT2D eigenvalue weighted by molar-refractivity contribution is 0.154. The van der Waals surface area contributed by atoms with E-state index < -0.39 is 28.4 Å². The summed E-state index contributed by atoms with van der Waals surface area (Å²) < 4.78 is 31.1. The molecule has 2 fully saturated rings. The molecule has 2 heterocycles. The highest BCUT2D eigenvalue weighted by molar-refractivity contribution is 7.87. The average molecular weight is 279 g/mol. The van der Waals surface area contributed by atoms with Gasteiger partial charge in [0.05, 0.1) is 6.54 Å². The van der Waals surface area contributed by atoms with Gasteiger partial charge in [-0.1, -0.05) is 0 Å². The number of likely N-dealkylation sites (tertiary alicyclic amines) is 1. The number of hydrogen-bond donors (Lipinski definition) is 2. The molecule has 18 heavy (non-hydrogen) atoms. The minimum Gasteiger partial charge on any atom is -0.465 e. The number of carbonyl (C=O) groups excluding carboxylic acids is 1. The van der Waals surface area contributed by atoms with Crippen LogP contribution >= 0.6 is 0 Å². The summed E-state index contributed by atoms with van der Waals surface area (Å²) in [5.41, 5.74) is 0. The number of amides is 2.